The van der Waals surface area contributed by atoms with Crippen molar-refractivity contribution >= 4 is 16.4 Å². The summed E-state index contributed by atoms with van der Waals surface area (Å²) >= 11 is 0. The van der Waals surface area contributed by atoms with Crippen molar-refractivity contribution in [2.75, 3.05) is 0 Å². The fourth-order valence-corrected chi connectivity index (χ4v) is 0.654. The van der Waals surface area contributed by atoms with Gasteiger partial charge in [0, 0.05) is 0 Å². The maximum absolute atomic E-state index is 10.3. The van der Waals surface area contributed by atoms with Gasteiger partial charge in [-0.25, -0.2) is 13.2 Å². The van der Waals surface area contributed by atoms with Crippen LogP contribution in [0.15, 0.2) is 24.3 Å². The third-order valence-corrected chi connectivity index (χ3v) is 1.13. The third-order valence-electron chi connectivity index (χ3n) is 1.13. The molecule has 98 valence electrons. The van der Waals surface area contributed by atoms with Crippen molar-refractivity contribution in [3.8, 4) is 5.75 Å². The number of aromatic carboxylic acids is 1. The van der Waals surface area contributed by atoms with E-state index in [2.05, 4.69) is 11.7 Å². The Hall–Kier alpha value is -0.720. The summed E-state index contributed by atoms with van der Waals surface area (Å²) in [5.74, 6) is 6.69. The van der Waals surface area contributed by atoms with Gasteiger partial charge in [-0.2, -0.15) is 0 Å². The number of rotatable bonds is 1. The van der Waals surface area contributed by atoms with E-state index in [4.69, 9.17) is 27.7 Å². The molecule has 0 aliphatic rings. The molecule has 11 heteroatoms. The maximum atomic E-state index is 10.3. The Morgan fingerprint density at radius 3 is 1.78 bits per heavy atom. The zero-order chi connectivity index (χ0) is 14.1. The number of carboxylic acids is 1. The average molecular weight is 290 g/mol. The Morgan fingerprint density at radius 1 is 1.22 bits per heavy atom. The Labute approximate surface area is 125 Å². The molecule has 1 aromatic carbocycles. The van der Waals surface area contributed by atoms with Gasteiger partial charge >= 0.3 is 35.5 Å². The quantitative estimate of drug-likeness (QED) is 0.113. The molecular formula is C7H11N2NaO7S. The number of carboxylic acid groups (broad SMARTS) is 1. The SMILES string of the molecule is NN.O=C(O)c1ccccc1O.O=S(=O)([O-])O.[Na+]. The smallest absolute Gasteiger partial charge is 0.726 e. The second kappa shape index (κ2) is 11.4. The van der Waals surface area contributed by atoms with Crippen molar-refractivity contribution < 1.29 is 62.1 Å². The van der Waals surface area contributed by atoms with Crippen molar-refractivity contribution in [3.05, 3.63) is 29.8 Å². The predicted molar refractivity (Wildman–Crippen MR) is 55.8 cm³/mol. The first-order chi connectivity index (χ1) is 7.72. The predicted octanol–water partition coefficient (Wildman–Crippen LogP) is -4.08. The van der Waals surface area contributed by atoms with Crippen molar-refractivity contribution in [3.63, 3.8) is 0 Å². The van der Waals surface area contributed by atoms with E-state index < -0.39 is 16.4 Å². The van der Waals surface area contributed by atoms with Crippen LogP contribution in [0.2, 0.25) is 0 Å². The van der Waals surface area contributed by atoms with Crippen molar-refractivity contribution in [2.45, 2.75) is 0 Å². The van der Waals surface area contributed by atoms with Gasteiger partial charge in [-0.05, 0) is 12.1 Å². The molecule has 0 aliphatic heterocycles. The van der Waals surface area contributed by atoms with Crippen LogP contribution in [-0.4, -0.2) is 33.7 Å². The zero-order valence-electron chi connectivity index (χ0n) is 9.35. The number of hydrazine groups is 1. The first-order valence-electron chi connectivity index (χ1n) is 3.74. The summed E-state index contributed by atoms with van der Waals surface area (Å²) in [4.78, 5) is 10.3. The molecule has 1 aromatic rings. The fraction of sp³-hybridized carbons (Fsp3) is 0. The van der Waals surface area contributed by atoms with E-state index in [9.17, 15) is 4.79 Å². The molecule has 18 heavy (non-hydrogen) atoms. The number of para-hydroxylation sites is 1. The third kappa shape index (κ3) is 15.3. The van der Waals surface area contributed by atoms with Gasteiger partial charge in [0.15, 0.2) is 0 Å². The molecule has 1 rings (SSSR count). The van der Waals surface area contributed by atoms with Gasteiger partial charge in [0.25, 0.3) is 0 Å². The summed E-state index contributed by atoms with van der Waals surface area (Å²) in [6, 6.07) is 5.81. The molecule has 9 nitrogen and oxygen atoms in total. The fourth-order valence-electron chi connectivity index (χ4n) is 0.654. The van der Waals surface area contributed by atoms with Gasteiger partial charge < -0.3 is 14.8 Å². The molecule has 0 saturated carbocycles. The van der Waals surface area contributed by atoms with E-state index in [0.717, 1.165) is 0 Å². The number of hydrogen-bond donors (Lipinski definition) is 5. The molecule has 0 fully saturated rings. The largest absolute Gasteiger partial charge is 1.00 e. The van der Waals surface area contributed by atoms with Crippen LogP contribution in [-0.2, 0) is 10.4 Å². The van der Waals surface area contributed by atoms with Crippen LogP contribution in [0.4, 0.5) is 0 Å². The Bertz CT molecular complexity index is 443. The van der Waals surface area contributed by atoms with Crippen molar-refractivity contribution in [1.29, 1.82) is 0 Å². The molecule has 0 radical (unpaired) electrons. The van der Waals surface area contributed by atoms with Gasteiger partial charge in [-0.15, -0.1) is 0 Å². The second-order valence-electron chi connectivity index (χ2n) is 2.25. The monoisotopic (exact) mass is 290 g/mol. The Morgan fingerprint density at radius 2 is 1.56 bits per heavy atom. The second-order valence-corrected chi connectivity index (χ2v) is 3.11. The summed E-state index contributed by atoms with van der Waals surface area (Å²) in [7, 11) is -4.92. The van der Waals surface area contributed by atoms with Crippen LogP contribution in [0.25, 0.3) is 0 Å². The van der Waals surface area contributed by atoms with Gasteiger partial charge in [0.2, 0.25) is 10.4 Å². The summed E-state index contributed by atoms with van der Waals surface area (Å²) in [5.41, 5.74) is -0.0671. The van der Waals surface area contributed by atoms with Crippen molar-refractivity contribution in [2.24, 2.45) is 11.7 Å². The number of hydrogen-bond acceptors (Lipinski definition) is 7. The van der Waals surface area contributed by atoms with Gasteiger partial charge in [-0.3, -0.25) is 16.2 Å². The first-order valence-corrected chi connectivity index (χ1v) is 5.11. The van der Waals surface area contributed by atoms with Crippen LogP contribution in [0.3, 0.4) is 0 Å². The van der Waals surface area contributed by atoms with Crippen LogP contribution < -0.4 is 41.2 Å². The van der Waals surface area contributed by atoms with Gasteiger partial charge in [0.1, 0.15) is 11.3 Å². The molecule has 0 amide bonds. The Balaban J connectivity index is -0.000000243. The Kier molecular flexibility index (Phi) is 14.2. The van der Waals surface area contributed by atoms with E-state index in [1.54, 1.807) is 12.1 Å². The minimum Gasteiger partial charge on any atom is -0.726 e. The molecular weight excluding hydrogens is 279 g/mol. The molecule has 0 spiro atoms. The van der Waals surface area contributed by atoms with Gasteiger partial charge in [0.05, 0.1) is 0 Å². The topological polar surface area (TPSA) is 187 Å². The normalized spacial score (nSPS) is 8.67. The molecule has 0 aromatic heterocycles. The van der Waals surface area contributed by atoms with Crippen LogP contribution in [0, 0.1) is 0 Å². The van der Waals surface area contributed by atoms with Crippen LogP contribution in [0.1, 0.15) is 10.4 Å². The van der Waals surface area contributed by atoms with E-state index in [1.165, 1.54) is 12.1 Å². The molecule has 0 bridgehead atoms. The number of aromatic hydroxyl groups is 1. The molecule has 0 aliphatic carbocycles. The number of phenols is 1. The minimum absolute atomic E-state index is 0. The maximum Gasteiger partial charge on any atom is 1.00 e. The zero-order valence-corrected chi connectivity index (χ0v) is 12.2. The first kappa shape index (κ1) is 22.5. The van der Waals surface area contributed by atoms with Crippen LogP contribution >= 0.6 is 0 Å². The summed E-state index contributed by atoms with van der Waals surface area (Å²) in [6.07, 6.45) is 0. The summed E-state index contributed by atoms with van der Waals surface area (Å²) in [5, 5.41) is 17.3. The average Bonchev–Trinajstić information content (AvgIpc) is 2.18. The summed E-state index contributed by atoms with van der Waals surface area (Å²) in [6.45, 7) is 0. The number of nitrogens with two attached hydrogens (primary N) is 2. The van der Waals surface area contributed by atoms with E-state index in [-0.39, 0.29) is 40.9 Å². The van der Waals surface area contributed by atoms with Gasteiger partial charge in [-0.1, -0.05) is 12.1 Å². The molecule has 0 atom stereocenters. The summed E-state index contributed by atoms with van der Waals surface area (Å²) < 4.78 is 32.8. The molecule has 7 N–H and O–H groups in total. The minimum atomic E-state index is -4.92. The van der Waals surface area contributed by atoms with E-state index >= 15 is 0 Å². The molecule has 0 unspecified atom stereocenters. The van der Waals surface area contributed by atoms with E-state index in [1.807, 2.05) is 0 Å². The number of carbonyl (C=O) groups is 1. The van der Waals surface area contributed by atoms with Crippen LogP contribution in [0.5, 0.6) is 5.75 Å². The molecule has 0 heterocycles. The standard InChI is InChI=1S/C7H6O3.H4N2.Na.H2O4S/c8-6-4-2-1-3-5(6)7(9)10;1-2;;1-5(2,3)4/h1-4,8H,(H,9,10);1-2H2;;(H2,1,2,3,4)/q;;+1;/p-1. The molecule has 0 saturated heterocycles. The number of benzene rings is 1. The van der Waals surface area contributed by atoms with Crippen molar-refractivity contribution in [1.82, 2.24) is 0 Å². The van der Waals surface area contributed by atoms with E-state index in [0.29, 0.717) is 0 Å².